The topological polar surface area (TPSA) is 156 Å². The zero-order valence-corrected chi connectivity index (χ0v) is 18.3. The van der Waals surface area contributed by atoms with Crippen molar-refractivity contribution in [1.82, 2.24) is 9.62 Å². The average molecular weight is 469 g/mol. The van der Waals surface area contributed by atoms with Crippen LogP contribution in [0.25, 0.3) is 0 Å². The summed E-state index contributed by atoms with van der Waals surface area (Å²) < 4.78 is 54.8. The number of hydrogen-bond acceptors (Lipinski definition) is 7. The number of non-ortho nitro benzene ring substituents is 1. The molecule has 166 valence electrons. The highest BCUT2D eigenvalue weighted by Gasteiger charge is 2.30. The maximum absolute atomic E-state index is 12.9. The molecule has 2 aromatic rings. The first-order valence-corrected chi connectivity index (χ1v) is 12.0. The van der Waals surface area contributed by atoms with Crippen LogP contribution in [0.1, 0.15) is 11.1 Å². The highest BCUT2D eigenvalue weighted by molar-refractivity contribution is 7.92. The molecule has 1 amide bonds. The highest BCUT2D eigenvalue weighted by atomic mass is 32.2. The van der Waals surface area contributed by atoms with Crippen LogP contribution in [0.2, 0.25) is 0 Å². The van der Waals surface area contributed by atoms with E-state index in [0.29, 0.717) is 11.1 Å². The van der Waals surface area contributed by atoms with E-state index < -0.39 is 30.9 Å². The number of aryl methyl sites for hydroxylation is 1. The molecule has 0 aliphatic carbocycles. The number of hydrogen-bond donors (Lipinski definition) is 2. The van der Waals surface area contributed by atoms with E-state index in [1.165, 1.54) is 31.2 Å². The molecule has 1 heterocycles. The van der Waals surface area contributed by atoms with Gasteiger partial charge in [-0.3, -0.25) is 19.6 Å². The number of nitro benzene ring substituents is 1. The van der Waals surface area contributed by atoms with Crippen LogP contribution in [0.4, 0.5) is 11.4 Å². The van der Waals surface area contributed by atoms with E-state index in [2.05, 4.69) is 10.0 Å². The smallest absolute Gasteiger partial charge is 0.271 e. The molecule has 2 N–H and O–H groups in total. The van der Waals surface area contributed by atoms with Gasteiger partial charge in [-0.15, -0.1) is 0 Å². The van der Waals surface area contributed by atoms with E-state index >= 15 is 0 Å². The third kappa shape index (κ3) is 4.68. The summed E-state index contributed by atoms with van der Waals surface area (Å²) >= 11 is 0. The van der Waals surface area contributed by atoms with Crippen LogP contribution in [-0.2, 0) is 24.8 Å². The first-order valence-electron chi connectivity index (χ1n) is 9.07. The van der Waals surface area contributed by atoms with Crippen LogP contribution in [0, 0.1) is 24.0 Å². The van der Waals surface area contributed by atoms with Gasteiger partial charge in [-0.2, -0.15) is 4.31 Å². The molecule has 0 bridgehead atoms. The van der Waals surface area contributed by atoms with Crippen molar-refractivity contribution in [2.24, 2.45) is 0 Å². The van der Waals surface area contributed by atoms with Crippen molar-refractivity contribution >= 4 is 37.3 Å². The zero-order chi connectivity index (χ0) is 23.0. The molecule has 13 heteroatoms. The summed E-state index contributed by atoms with van der Waals surface area (Å²) in [7, 11) is -8.27. The normalized spacial score (nSPS) is 15.4. The van der Waals surface area contributed by atoms with Gasteiger partial charge >= 0.3 is 0 Å². The van der Waals surface area contributed by atoms with E-state index in [1.807, 2.05) is 0 Å². The number of benzene rings is 2. The molecule has 0 saturated carbocycles. The molecule has 0 radical (unpaired) electrons. The van der Waals surface area contributed by atoms with Crippen LogP contribution in [0.15, 0.2) is 46.2 Å². The molecule has 1 aliphatic heterocycles. The van der Waals surface area contributed by atoms with Crippen molar-refractivity contribution in [3.05, 3.63) is 57.6 Å². The molecule has 3 rings (SSSR count). The fourth-order valence-electron chi connectivity index (χ4n) is 3.09. The van der Waals surface area contributed by atoms with E-state index in [9.17, 15) is 31.7 Å². The number of nitrogens with zero attached hydrogens (tertiary/aromatic N) is 2. The Hall–Kier alpha value is -3.03. The minimum atomic E-state index is -4.25. The van der Waals surface area contributed by atoms with Crippen molar-refractivity contribution in [3.8, 4) is 0 Å². The SMILES string of the molecule is Cc1cc([N+](=O)[O-])cc(S(=O)(=O)Nc2cccc(S(=O)(=O)N3CCNC(=O)C3)c2)c1C. The predicted octanol–water partition coefficient (Wildman–Crippen LogP) is 1.13. The van der Waals surface area contributed by atoms with E-state index in [0.717, 1.165) is 16.4 Å². The molecular weight excluding hydrogens is 448 g/mol. The monoisotopic (exact) mass is 468 g/mol. The van der Waals surface area contributed by atoms with Crippen LogP contribution in [-0.4, -0.2) is 51.6 Å². The predicted molar refractivity (Wildman–Crippen MR) is 112 cm³/mol. The molecule has 1 fully saturated rings. The summed E-state index contributed by atoms with van der Waals surface area (Å²) in [5.41, 5.74) is 0.352. The lowest BCUT2D eigenvalue weighted by Gasteiger charge is -2.26. The van der Waals surface area contributed by atoms with Crippen LogP contribution >= 0.6 is 0 Å². The molecule has 31 heavy (non-hydrogen) atoms. The minimum absolute atomic E-state index is 0.0360. The van der Waals surface area contributed by atoms with Crippen molar-refractivity contribution in [1.29, 1.82) is 0 Å². The Morgan fingerprint density at radius 1 is 1.13 bits per heavy atom. The number of rotatable bonds is 6. The summed E-state index contributed by atoms with van der Waals surface area (Å²) in [4.78, 5) is 21.5. The fraction of sp³-hybridized carbons (Fsp3) is 0.278. The van der Waals surface area contributed by atoms with Crippen molar-refractivity contribution in [3.63, 3.8) is 0 Å². The second kappa shape index (κ2) is 8.24. The van der Waals surface area contributed by atoms with Gasteiger partial charge in [0, 0.05) is 25.2 Å². The Bertz CT molecular complexity index is 1270. The second-order valence-electron chi connectivity index (χ2n) is 6.96. The number of amides is 1. The van der Waals surface area contributed by atoms with Gasteiger partial charge in [0.2, 0.25) is 15.9 Å². The Morgan fingerprint density at radius 3 is 2.48 bits per heavy atom. The first kappa shape index (κ1) is 22.7. The van der Waals surface area contributed by atoms with Gasteiger partial charge in [-0.05, 0) is 43.2 Å². The standard InChI is InChI=1S/C18H20N4O7S2/c1-12-8-15(22(24)25)10-17(13(12)2)30(26,27)20-14-4-3-5-16(9-14)31(28,29)21-7-6-19-18(23)11-21/h3-5,8-10,20H,6-7,11H2,1-2H3,(H,19,23). The summed E-state index contributed by atoms with van der Waals surface area (Å²) in [6.07, 6.45) is 0. The van der Waals surface area contributed by atoms with Gasteiger partial charge < -0.3 is 5.32 Å². The summed E-state index contributed by atoms with van der Waals surface area (Å²) in [6, 6.07) is 7.38. The third-order valence-corrected chi connectivity index (χ3v) is 8.18. The molecule has 0 unspecified atom stereocenters. The van der Waals surface area contributed by atoms with E-state index in [1.54, 1.807) is 6.92 Å². The summed E-state index contributed by atoms with van der Waals surface area (Å²) in [6.45, 7) is 3.02. The zero-order valence-electron chi connectivity index (χ0n) is 16.7. The minimum Gasteiger partial charge on any atom is -0.354 e. The first-order chi connectivity index (χ1) is 14.4. The second-order valence-corrected chi connectivity index (χ2v) is 10.6. The third-order valence-electron chi connectivity index (χ3n) is 4.83. The van der Waals surface area contributed by atoms with E-state index in [4.69, 9.17) is 0 Å². The molecule has 1 aliphatic rings. The van der Waals surface area contributed by atoms with Crippen LogP contribution in [0.3, 0.4) is 0 Å². The number of anilines is 1. The van der Waals surface area contributed by atoms with Gasteiger partial charge in [0.05, 0.1) is 26.9 Å². The number of carbonyl (C=O) groups is 1. The molecule has 0 spiro atoms. The van der Waals surface area contributed by atoms with E-state index in [-0.39, 0.29) is 40.8 Å². The Morgan fingerprint density at radius 2 is 1.84 bits per heavy atom. The number of carbonyl (C=O) groups excluding carboxylic acids is 1. The lowest BCUT2D eigenvalue weighted by Crippen LogP contribution is -2.49. The largest absolute Gasteiger partial charge is 0.354 e. The van der Waals surface area contributed by atoms with Gasteiger partial charge in [-0.25, -0.2) is 16.8 Å². The Kier molecular flexibility index (Phi) is 6.02. The fourth-order valence-corrected chi connectivity index (χ4v) is 5.92. The van der Waals surface area contributed by atoms with Crippen LogP contribution in [0.5, 0.6) is 0 Å². The molecule has 0 atom stereocenters. The summed E-state index contributed by atoms with van der Waals surface area (Å²) in [5.74, 6) is -0.428. The lowest BCUT2D eigenvalue weighted by atomic mass is 10.1. The lowest BCUT2D eigenvalue weighted by molar-refractivity contribution is -0.385. The molecule has 11 nitrogen and oxygen atoms in total. The highest BCUT2D eigenvalue weighted by Crippen LogP contribution is 2.28. The quantitative estimate of drug-likeness (QED) is 0.475. The summed E-state index contributed by atoms with van der Waals surface area (Å²) in [5, 5.41) is 13.7. The number of nitro groups is 1. The number of sulfonamides is 2. The van der Waals surface area contributed by atoms with Gasteiger partial charge in [0.1, 0.15) is 0 Å². The molecule has 0 aromatic heterocycles. The van der Waals surface area contributed by atoms with Crippen LogP contribution < -0.4 is 10.0 Å². The van der Waals surface area contributed by atoms with Gasteiger partial charge in [0.25, 0.3) is 15.7 Å². The number of nitrogens with one attached hydrogen (secondary N) is 2. The molecule has 2 aromatic carbocycles. The average Bonchev–Trinajstić information content (AvgIpc) is 2.69. The van der Waals surface area contributed by atoms with Gasteiger partial charge in [-0.1, -0.05) is 6.07 Å². The van der Waals surface area contributed by atoms with Gasteiger partial charge in [0.15, 0.2) is 0 Å². The Balaban J connectivity index is 1.96. The van der Waals surface area contributed by atoms with Crippen molar-refractivity contribution < 1.29 is 26.6 Å². The Labute approximate surface area is 179 Å². The maximum atomic E-state index is 12.9. The molecular formula is C18H20N4O7S2. The maximum Gasteiger partial charge on any atom is 0.271 e. The molecule has 1 saturated heterocycles. The number of piperazine rings is 1. The van der Waals surface area contributed by atoms with Crippen molar-refractivity contribution in [2.45, 2.75) is 23.6 Å². The van der Waals surface area contributed by atoms with Crippen molar-refractivity contribution in [2.75, 3.05) is 24.4 Å².